The number of Topliss-reactive ketones (excluding diaryl/α,β-unsaturated/α-hetero) is 1. The number of methoxy groups -OCH3 is 1. The van der Waals surface area contributed by atoms with Gasteiger partial charge in [0.25, 0.3) is 0 Å². The number of hydrogen-bond donors (Lipinski definition) is 1. The minimum absolute atomic E-state index is 0.113. The van der Waals surface area contributed by atoms with E-state index >= 15 is 0 Å². The molecule has 2 aliphatic rings. The molecule has 1 aromatic heterocycles. The van der Waals surface area contributed by atoms with Gasteiger partial charge in [-0.15, -0.1) is 0 Å². The molecule has 1 unspecified atom stereocenters. The largest absolute Gasteiger partial charge is 0.493 e. The summed E-state index contributed by atoms with van der Waals surface area (Å²) in [7, 11) is 1.62. The Bertz CT molecular complexity index is 1220. The van der Waals surface area contributed by atoms with E-state index in [4.69, 9.17) is 9.47 Å². The number of carbonyl (C=O) groups is 1. The molecule has 0 fully saturated rings. The molecule has 3 aromatic rings. The second-order valence-corrected chi connectivity index (χ2v) is 9.30. The van der Waals surface area contributed by atoms with Gasteiger partial charge in [0.1, 0.15) is 6.04 Å². The van der Waals surface area contributed by atoms with Crippen LogP contribution < -0.4 is 14.8 Å². The molecule has 2 aromatic carbocycles. The molecule has 170 valence electrons. The van der Waals surface area contributed by atoms with Crippen LogP contribution in [0.4, 0.5) is 5.95 Å². The first-order chi connectivity index (χ1) is 15.9. The predicted molar refractivity (Wildman–Crippen MR) is 123 cm³/mol. The summed E-state index contributed by atoms with van der Waals surface area (Å²) < 4.78 is 13.3. The second-order valence-electron chi connectivity index (χ2n) is 9.30. The normalized spacial score (nSPS) is 18.9. The number of nitrogens with one attached hydrogen (secondary N) is 1. The molecule has 5 rings (SSSR count). The Labute approximate surface area is 192 Å². The van der Waals surface area contributed by atoms with Crippen LogP contribution in [-0.2, 0) is 11.2 Å². The summed E-state index contributed by atoms with van der Waals surface area (Å²) in [5.74, 6) is 1.92. The van der Waals surface area contributed by atoms with Crippen molar-refractivity contribution in [3.8, 4) is 11.5 Å². The average Bonchev–Trinajstić information content (AvgIpc) is 3.26. The van der Waals surface area contributed by atoms with Gasteiger partial charge in [-0.3, -0.25) is 4.79 Å². The van der Waals surface area contributed by atoms with Gasteiger partial charge in [0, 0.05) is 24.1 Å². The fourth-order valence-electron chi connectivity index (χ4n) is 4.68. The summed E-state index contributed by atoms with van der Waals surface area (Å²) in [5.41, 5.74) is 3.58. The van der Waals surface area contributed by atoms with Gasteiger partial charge < -0.3 is 14.8 Å². The van der Waals surface area contributed by atoms with Gasteiger partial charge in [-0.05, 0) is 45.5 Å². The molecule has 8 nitrogen and oxygen atoms in total. The van der Waals surface area contributed by atoms with Gasteiger partial charge in [0.2, 0.25) is 5.95 Å². The van der Waals surface area contributed by atoms with Gasteiger partial charge in [0.15, 0.2) is 17.3 Å². The van der Waals surface area contributed by atoms with Gasteiger partial charge in [-0.25, -0.2) is 0 Å². The molecule has 1 aliphatic heterocycles. The van der Waals surface area contributed by atoms with Gasteiger partial charge in [-0.2, -0.15) is 4.68 Å². The molecule has 2 heterocycles. The first-order valence-corrected chi connectivity index (χ1v) is 11.1. The first kappa shape index (κ1) is 21.2. The van der Waals surface area contributed by atoms with Crippen molar-refractivity contribution in [3.05, 3.63) is 70.9 Å². The minimum Gasteiger partial charge on any atom is -0.493 e. The lowest BCUT2D eigenvalue weighted by molar-refractivity contribution is -0.118. The fourth-order valence-corrected chi connectivity index (χ4v) is 4.68. The molecule has 0 spiro atoms. The zero-order valence-corrected chi connectivity index (χ0v) is 19.0. The summed E-state index contributed by atoms with van der Waals surface area (Å²) in [5, 5.41) is 15.4. The lowest BCUT2D eigenvalue weighted by Crippen LogP contribution is -2.36. The molecule has 1 atom stereocenters. The molecule has 0 saturated heterocycles. The fraction of sp³-hybridized carbons (Fsp3) is 0.360. The van der Waals surface area contributed by atoms with Crippen molar-refractivity contribution < 1.29 is 14.3 Å². The van der Waals surface area contributed by atoms with Crippen LogP contribution in [0, 0.1) is 5.41 Å². The monoisotopic (exact) mass is 445 g/mol. The first-order valence-electron chi connectivity index (χ1n) is 11.1. The molecule has 0 saturated carbocycles. The summed E-state index contributed by atoms with van der Waals surface area (Å²) in [6.07, 6.45) is 2.04. The third kappa shape index (κ3) is 4.08. The summed E-state index contributed by atoms with van der Waals surface area (Å²) in [6, 6.07) is 15.6. The number of rotatable bonds is 6. The molecular weight excluding hydrogens is 418 g/mol. The lowest BCUT2D eigenvalue weighted by atomic mass is 9.73. The third-order valence-corrected chi connectivity index (χ3v) is 6.19. The number of anilines is 1. The highest BCUT2D eigenvalue weighted by molar-refractivity contribution is 6.00. The molecule has 1 N–H and O–H groups in total. The highest BCUT2D eigenvalue weighted by Gasteiger charge is 2.42. The Hall–Kier alpha value is -3.68. The van der Waals surface area contributed by atoms with Crippen LogP contribution >= 0.6 is 0 Å². The highest BCUT2D eigenvalue weighted by Crippen LogP contribution is 2.46. The number of nitrogens with zero attached hydrogens (tertiary/aromatic N) is 4. The number of benzene rings is 2. The van der Waals surface area contributed by atoms with Gasteiger partial charge in [-0.1, -0.05) is 55.3 Å². The zero-order chi connectivity index (χ0) is 23.0. The number of tetrazole rings is 1. The number of fused-ring (bicyclic) bond motifs is 1. The SMILES string of the molecule is COc1cc(C2C3=C(CC(C)(C)CC3=O)Nc3nnnn32)ccc1OCCc1ccccc1. The maximum absolute atomic E-state index is 13.2. The number of allylic oxidation sites excluding steroid dienone is 2. The maximum atomic E-state index is 13.2. The van der Waals surface area contributed by atoms with E-state index in [1.165, 1.54) is 5.56 Å². The van der Waals surface area contributed by atoms with Crippen molar-refractivity contribution in [3.63, 3.8) is 0 Å². The van der Waals surface area contributed by atoms with Gasteiger partial charge in [0.05, 0.1) is 13.7 Å². The Balaban J connectivity index is 1.45. The van der Waals surface area contributed by atoms with Crippen molar-refractivity contribution in [2.45, 2.75) is 39.2 Å². The quantitative estimate of drug-likeness (QED) is 0.614. The molecule has 1 aliphatic carbocycles. The van der Waals surface area contributed by atoms with E-state index in [-0.39, 0.29) is 11.2 Å². The van der Waals surface area contributed by atoms with E-state index in [2.05, 4.69) is 46.8 Å². The van der Waals surface area contributed by atoms with E-state index in [1.54, 1.807) is 11.8 Å². The predicted octanol–water partition coefficient (Wildman–Crippen LogP) is 3.96. The van der Waals surface area contributed by atoms with E-state index in [0.717, 1.165) is 24.1 Å². The van der Waals surface area contributed by atoms with E-state index in [9.17, 15) is 4.79 Å². The van der Waals surface area contributed by atoms with Crippen molar-refractivity contribution in [1.29, 1.82) is 0 Å². The minimum atomic E-state index is -0.415. The number of ether oxygens (including phenoxy) is 2. The summed E-state index contributed by atoms with van der Waals surface area (Å²) in [6.45, 7) is 4.74. The van der Waals surface area contributed by atoms with Crippen LogP contribution in [0.2, 0.25) is 0 Å². The number of hydrogen-bond acceptors (Lipinski definition) is 7. The Morgan fingerprint density at radius 1 is 1.12 bits per heavy atom. The molecular formula is C25H27N5O3. The van der Waals surface area contributed by atoms with Crippen molar-refractivity contribution in [2.24, 2.45) is 5.41 Å². The third-order valence-electron chi connectivity index (χ3n) is 6.19. The lowest BCUT2D eigenvalue weighted by Gasteiger charge is -2.37. The van der Waals surface area contributed by atoms with Crippen molar-refractivity contribution in [2.75, 3.05) is 19.0 Å². The number of ketones is 1. The van der Waals surface area contributed by atoms with Crippen molar-refractivity contribution >= 4 is 11.7 Å². The summed E-state index contributed by atoms with van der Waals surface area (Å²) in [4.78, 5) is 13.2. The Morgan fingerprint density at radius 3 is 2.73 bits per heavy atom. The maximum Gasteiger partial charge on any atom is 0.248 e. The molecule has 0 bridgehead atoms. The molecule has 0 amide bonds. The molecule has 0 radical (unpaired) electrons. The average molecular weight is 446 g/mol. The Morgan fingerprint density at radius 2 is 1.94 bits per heavy atom. The van der Waals surface area contributed by atoms with Crippen LogP contribution in [0.5, 0.6) is 11.5 Å². The van der Waals surface area contributed by atoms with Crippen molar-refractivity contribution in [1.82, 2.24) is 20.2 Å². The summed E-state index contributed by atoms with van der Waals surface area (Å²) >= 11 is 0. The van der Waals surface area contributed by atoms with Crippen LogP contribution in [-0.4, -0.2) is 39.7 Å². The highest BCUT2D eigenvalue weighted by atomic mass is 16.5. The molecule has 8 heteroatoms. The zero-order valence-electron chi connectivity index (χ0n) is 19.0. The van der Waals surface area contributed by atoms with E-state index < -0.39 is 6.04 Å². The number of carbonyl (C=O) groups excluding carboxylic acids is 1. The topological polar surface area (TPSA) is 91.2 Å². The van der Waals surface area contributed by atoms with Crippen LogP contribution in [0.3, 0.4) is 0 Å². The van der Waals surface area contributed by atoms with E-state index in [0.29, 0.717) is 36.0 Å². The number of aromatic nitrogens is 4. The van der Waals surface area contributed by atoms with Crippen LogP contribution in [0.25, 0.3) is 0 Å². The molecule has 33 heavy (non-hydrogen) atoms. The van der Waals surface area contributed by atoms with Gasteiger partial charge >= 0.3 is 0 Å². The Kier molecular flexibility index (Phi) is 5.36. The second kappa shape index (κ2) is 8.35. The van der Waals surface area contributed by atoms with Crippen LogP contribution in [0.1, 0.15) is 43.9 Å². The smallest absolute Gasteiger partial charge is 0.248 e. The van der Waals surface area contributed by atoms with Crippen LogP contribution in [0.15, 0.2) is 59.8 Å². The van der Waals surface area contributed by atoms with E-state index in [1.807, 2.05) is 36.4 Å². The standard InChI is InChI=1S/C25H27N5O3/c1-25(2)14-18-22(19(31)15-25)23(30-24(26-18)27-28-29-30)17-9-10-20(21(13-17)32-3)33-12-11-16-7-5-4-6-8-16/h4-10,13,23H,11-12,14-15H2,1-3H3,(H,26,27,29).